The Morgan fingerprint density at radius 2 is 1.95 bits per heavy atom. The van der Waals surface area contributed by atoms with E-state index in [9.17, 15) is 0 Å². The third-order valence-corrected chi connectivity index (χ3v) is 4.08. The predicted molar refractivity (Wildman–Crippen MR) is 82.1 cm³/mol. The highest BCUT2D eigenvalue weighted by Gasteiger charge is 2.27. The van der Waals surface area contributed by atoms with E-state index in [0.29, 0.717) is 6.04 Å². The molecule has 3 rings (SSSR count). The zero-order valence-corrected chi connectivity index (χ0v) is 12.7. The second-order valence-electron chi connectivity index (χ2n) is 5.34. The van der Waals surface area contributed by atoms with Crippen LogP contribution in [0.1, 0.15) is 25.6 Å². The average molecular weight is 286 g/mol. The van der Waals surface area contributed by atoms with Crippen LogP contribution in [-0.2, 0) is 6.54 Å². The Kier molecular flexibility index (Phi) is 4.15. The van der Waals surface area contributed by atoms with Gasteiger partial charge >= 0.3 is 0 Å². The molecule has 21 heavy (non-hydrogen) atoms. The van der Waals surface area contributed by atoms with Crippen molar-refractivity contribution in [1.29, 1.82) is 0 Å². The number of fused-ring (bicyclic) bond motifs is 1. The molecule has 0 fully saturated rings. The quantitative estimate of drug-likeness (QED) is 0.835. The summed E-state index contributed by atoms with van der Waals surface area (Å²) in [6.45, 7) is 9.25. The molecule has 0 saturated heterocycles. The molecule has 0 spiro atoms. The van der Waals surface area contributed by atoms with Crippen molar-refractivity contribution in [2.24, 2.45) is 0 Å². The Balaban J connectivity index is 1.83. The molecule has 0 unspecified atom stereocenters. The topological polar surface area (TPSA) is 50.1 Å². The predicted octanol–water partition coefficient (Wildman–Crippen LogP) is 1.58. The van der Waals surface area contributed by atoms with Crippen LogP contribution in [0.4, 0.5) is 5.95 Å². The number of nitrogens with zero attached hydrogens (tertiary/aromatic N) is 6. The fourth-order valence-electron chi connectivity index (χ4n) is 2.91. The highest BCUT2D eigenvalue weighted by atomic mass is 15.4. The summed E-state index contributed by atoms with van der Waals surface area (Å²) in [4.78, 5) is 13.4. The normalized spacial score (nSPS) is 18.0. The van der Waals surface area contributed by atoms with Crippen molar-refractivity contribution in [1.82, 2.24) is 24.6 Å². The van der Waals surface area contributed by atoms with Crippen molar-refractivity contribution in [2.45, 2.75) is 26.4 Å². The smallest absolute Gasteiger partial charge is 0.225 e. The molecule has 0 aromatic carbocycles. The second kappa shape index (κ2) is 6.22. The molecule has 1 aliphatic heterocycles. The molecule has 2 aromatic rings. The first-order valence-corrected chi connectivity index (χ1v) is 7.58. The minimum absolute atomic E-state index is 0.340. The second-order valence-corrected chi connectivity index (χ2v) is 5.34. The van der Waals surface area contributed by atoms with Gasteiger partial charge in [0.1, 0.15) is 0 Å². The lowest BCUT2D eigenvalue weighted by Crippen LogP contribution is -2.43. The van der Waals surface area contributed by atoms with E-state index >= 15 is 0 Å². The maximum Gasteiger partial charge on any atom is 0.225 e. The van der Waals surface area contributed by atoms with Gasteiger partial charge in [0.05, 0.1) is 18.3 Å². The van der Waals surface area contributed by atoms with Crippen LogP contribution >= 0.6 is 0 Å². The van der Waals surface area contributed by atoms with Crippen LogP contribution in [0.2, 0.25) is 0 Å². The fourth-order valence-corrected chi connectivity index (χ4v) is 2.91. The zero-order chi connectivity index (χ0) is 14.7. The molecular formula is C15H22N6. The lowest BCUT2D eigenvalue weighted by atomic mass is 10.2. The van der Waals surface area contributed by atoms with Crippen LogP contribution in [0.25, 0.3) is 0 Å². The molecule has 0 aliphatic carbocycles. The number of anilines is 1. The van der Waals surface area contributed by atoms with Crippen LogP contribution in [0.5, 0.6) is 0 Å². The van der Waals surface area contributed by atoms with Crippen LogP contribution in [0.15, 0.2) is 30.7 Å². The highest BCUT2D eigenvalue weighted by Crippen LogP contribution is 2.23. The fraction of sp³-hybridized carbons (Fsp3) is 0.533. The molecule has 0 saturated carbocycles. The Labute approximate surface area is 125 Å². The molecule has 0 radical (unpaired) electrons. The van der Waals surface area contributed by atoms with E-state index in [2.05, 4.69) is 49.5 Å². The molecular weight excluding hydrogens is 264 g/mol. The van der Waals surface area contributed by atoms with E-state index in [-0.39, 0.29) is 0 Å². The molecule has 1 atom stereocenters. The van der Waals surface area contributed by atoms with E-state index in [1.165, 1.54) is 5.69 Å². The van der Waals surface area contributed by atoms with Gasteiger partial charge in [-0.05, 0) is 25.2 Å². The molecule has 0 amide bonds. The van der Waals surface area contributed by atoms with Crippen molar-refractivity contribution >= 4 is 5.95 Å². The summed E-state index contributed by atoms with van der Waals surface area (Å²) in [7, 11) is 0. The van der Waals surface area contributed by atoms with Gasteiger partial charge in [0.25, 0.3) is 0 Å². The van der Waals surface area contributed by atoms with Crippen molar-refractivity contribution in [3.8, 4) is 0 Å². The monoisotopic (exact) mass is 286 g/mol. The first-order chi connectivity index (χ1) is 10.3. The van der Waals surface area contributed by atoms with Gasteiger partial charge in [-0.25, -0.2) is 9.97 Å². The Hall–Kier alpha value is -1.95. The molecule has 1 aliphatic rings. The van der Waals surface area contributed by atoms with Gasteiger partial charge in [0.2, 0.25) is 5.95 Å². The number of rotatable bonds is 5. The Morgan fingerprint density at radius 1 is 1.19 bits per heavy atom. The van der Waals surface area contributed by atoms with Gasteiger partial charge in [0.15, 0.2) is 0 Å². The van der Waals surface area contributed by atoms with Crippen molar-refractivity contribution < 1.29 is 0 Å². The maximum atomic E-state index is 4.51. The minimum atomic E-state index is 0.340. The SMILES string of the molecule is CCN(CC)C[C@H]1CN(c2ncccn2)Cc2ccnn21. The van der Waals surface area contributed by atoms with Gasteiger partial charge in [-0.1, -0.05) is 13.8 Å². The van der Waals surface area contributed by atoms with Crippen LogP contribution in [-0.4, -0.2) is 50.8 Å². The average Bonchev–Trinajstić information content (AvgIpc) is 3.02. The van der Waals surface area contributed by atoms with Crippen LogP contribution in [0.3, 0.4) is 0 Å². The number of likely N-dealkylation sites (N-methyl/N-ethyl adjacent to an activating group) is 1. The largest absolute Gasteiger partial charge is 0.333 e. The Bertz CT molecular complexity index is 563. The summed E-state index contributed by atoms with van der Waals surface area (Å²) in [6, 6.07) is 4.28. The standard InChI is InChI=1S/C15H22N6/c1-3-19(4-2)10-14-12-20(15-16-7-5-8-17-15)11-13-6-9-18-21(13)14/h5-9,14H,3-4,10-12H2,1-2H3/t14-/m0/s1. The summed E-state index contributed by atoms with van der Waals surface area (Å²) in [5.74, 6) is 0.800. The van der Waals surface area contributed by atoms with Gasteiger partial charge in [0, 0.05) is 31.7 Å². The van der Waals surface area contributed by atoms with E-state index in [1.807, 2.05) is 12.3 Å². The van der Waals surface area contributed by atoms with Crippen LogP contribution in [0, 0.1) is 0 Å². The maximum absolute atomic E-state index is 4.51. The van der Waals surface area contributed by atoms with E-state index < -0.39 is 0 Å². The van der Waals surface area contributed by atoms with E-state index in [1.54, 1.807) is 12.4 Å². The first-order valence-electron chi connectivity index (χ1n) is 7.58. The molecule has 2 aromatic heterocycles. The van der Waals surface area contributed by atoms with Gasteiger partial charge in [-0.15, -0.1) is 0 Å². The first kappa shape index (κ1) is 14.0. The molecule has 6 heteroatoms. The summed E-state index contributed by atoms with van der Waals surface area (Å²) < 4.78 is 2.16. The molecule has 6 nitrogen and oxygen atoms in total. The van der Waals surface area contributed by atoms with Crippen molar-refractivity contribution in [3.63, 3.8) is 0 Å². The lowest BCUT2D eigenvalue weighted by Gasteiger charge is -2.36. The summed E-state index contributed by atoms with van der Waals surface area (Å²) in [5, 5.41) is 4.51. The summed E-state index contributed by atoms with van der Waals surface area (Å²) in [5.41, 5.74) is 1.23. The number of hydrogen-bond donors (Lipinski definition) is 0. The Morgan fingerprint density at radius 3 is 2.67 bits per heavy atom. The van der Waals surface area contributed by atoms with Crippen molar-refractivity contribution in [3.05, 3.63) is 36.4 Å². The molecule has 0 bridgehead atoms. The molecule has 0 N–H and O–H groups in total. The lowest BCUT2D eigenvalue weighted by molar-refractivity contribution is 0.233. The van der Waals surface area contributed by atoms with Gasteiger partial charge in [-0.2, -0.15) is 5.10 Å². The molecule has 112 valence electrons. The van der Waals surface area contributed by atoms with Gasteiger partial charge < -0.3 is 9.80 Å². The summed E-state index contributed by atoms with van der Waals surface area (Å²) in [6.07, 6.45) is 5.49. The third kappa shape index (κ3) is 2.90. The van der Waals surface area contributed by atoms with Crippen LogP contribution < -0.4 is 4.90 Å². The zero-order valence-electron chi connectivity index (χ0n) is 12.7. The minimum Gasteiger partial charge on any atom is -0.333 e. The summed E-state index contributed by atoms with van der Waals surface area (Å²) >= 11 is 0. The number of aromatic nitrogens is 4. The third-order valence-electron chi connectivity index (χ3n) is 4.08. The van der Waals surface area contributed by atoms with E-state index in [0.717, 1.165) is 38.7 Å². The van der Waals surface area contributed by atoms with E-state index in [4.69, 9.17) is 0 Å². The molecule has 3 heterocycles. The number of hydrogen-bond acceptors (Lipinski definition) is 5. The highest BCUT2D eigenvalue weighted by molar-refractivity contribution is 5.32. The van der Waals surface area contributed by atoms with Crippen molar-refractivity contribution in [2.75, 3.05) is 31.1 Å². The van der Waals surface area contributed by atoms with Gasteiger partial charge in [-0.3, -0.25) is 4.68 Å².